The fraction of sp³-hybridized carbons (Fsp3) is 0.375. The molecule has 1 aromatic rings. The molecule has 0 saturated carbocycles. The number of rotatable bonds is 3. The zero-order valence-corrected chi connectivity index (χ0v) is 7.45. The van der Waals surface area contributed by atoms with Gasteiger partial charge < -0.3 is 16.0 Å². The molecule has 72 valence electrons. The Balaban J connectivity index is 2.88. The van der Waals surface area contributed by atoms with E-state index >= 15 is 0 Å². The summed E-state index contributed by atoms with van der Waals surface area (Å²) in [5.41, 5.74) is 6.82. The van der Waals surface area contributed by atoms with Gasteiger partial charge in [0.1, 0.15) is 12.7 Å². The topological polar surface area (TPSA) is 85.2 Å². The van der Waals surface area contributed by atoms with Gasteiger partial charge in [0, 0.05) is 6.07 Å². The molecular weight excluding hydrogens is 170 g/mol. The SMILES string of the molecule is Cc1cc(NCCO)[n+]([O-])cc1N. The number of nitrogens with zero attached hydrogens (tertiary/aromatic N) is 1. The minimum absolute atomic E-state index is 0.0105. The average molecular weight is 183 g/mol. The third-order valence-corrected chi connectivity index (χ3v) is 1.72. The normalized spacial score (nSPS) is 10.0. The van der Waals surface area contributed by atoms with E-state index in [4.69, 9.17) is 10.8 Å². The lowest BCUT2D eigenvalue weighted by Crippen LogP contribution is -2.32. The number of hydrogen-bond donors (Lipinski definition) is 3. The molecule has 0 aromatic carbocycles. The van der Waals surface area contributed by atoms with Crippen LogP contribution in [0.15, 0.2) is 12.3 Å². The fourth-order valence-electron chi connectivity index (χ4n) is 0.963. The van der Waals surface area contributed by atoms with Crippen LogP contribution in [0.1, 0.15) is 5.56 Å². The van der Waals surface area contributed by atoms with Crippen LogP contribution in [0.25, 0.3) is 0 Å². The highest BCUT2D eigenvalue weighted by Crippen LogP contribution is 2.10. The molecule has 4 N–H and O–H groups in total. The Morgan fingerprint density at radius 2 is 2.38 bits per heavy atom. The Bertz CT molecular complexity index is 302. The highest BCUT2D eigenvalue weighted by Gasteiger charge is 2.05. The van der Waals surface area contributed by atoms with Crippen LogP contribution in [-0.4, -0.2) is 18.3 Å². The number of nitrogen functional groups attached to an aromatic ring is 1. The Morgan fingerprint density at radius 3 is 3.00 bits per heavy atom. The number of pyridine rings is 1. The Hall–Kier alpha value is -1.49. The minimum Gasteiger partial charge on any atom is -0.711 e. The molecular formula is C8H13N3O2. The van der Waals surface area contributed by atoms with Gasteiger partial charge in [0.2, 0.25) is 0 Å². The van der Waals surface area contributed by atoms with Crippen LogP contribution in [0, 0.1) is 12.1 Å². The van der Waals surface area contributed by atoms with Crippen molar-refractivity contribution >= 4 is 11.5 Å². The predicted molar refractivity (Wildman–Crippen MR) is 50.1 cm³/mol. The number of aliphatic hydroxyl groups is 1. The second-order valence-electron chi connectivity index (χ2n) is 2.77. The summed E-state index contributed by atoms with van der Waals surface area (Å²) in [7, 11) is 0. The van der Waals surface area contributed by atoms with Crippen molar-refractivity contribution in [1.82, 2.24) is 0 Å². The van der Waals surface area contributed by atoms with Crippen LogP contribution in [-0.2, 0) is 0 Å². The van der Waals surface area contributed by atoms with Crippen molar-refractivity contribution in [2.75, 3.05) is 24.2 Å². The van der Waals surface area contributed by atoms with E-state index in [0.29, 0.717) is 22.8 Å². The zero-order valence-electron chi connectivity index (χ0n) is 7.45. The maximum Gasteiger partial charge on any atom is 0.277 e. The second kappa shape index (κ2) is 3.95. The maximum absolute atomic E-state index is 11.2. The van der Waals surface area contributed by atoms with E-state index in [-0.39, 0.29) is 6.61 Å². The van der Waals surface area contributed by atoms with Gasteiger partial charge in [0.05, 0.1) is 12.3 Å². The molecule has 0 radical (unpaired) electrons. The van der Waals surface area contributed by atoms with Gasteiger partial charge in [-0.15, -0.1) is 0 Å². The summed E-state index contributed by atoms with van der Waals surface area (Å²) in [4.78, 5) is 0. The van der Waals surface area contributed by atoms with Crippen LogP contribution in [0.4, 0.5) is 11.5 Å². The van der Waals surface area contributed by atoms with Gasteiger partial charge in [0.15, 0.2) is 0 Å². The van der Waals surface area contributed by atoms with Gasteiger partial charge in [-0.25, -0.2) is 4.73 Å². The maximum atomic E-state index is 11.2. The monoisotopic (exact) mass is 183 g/mol. The van der Waals surface area contributed by atoms with Crippen LogP contribution in [0.3, 0.4) is 0 Å². The lowest BCUT2D eigenvalue weighted by molar-refractivity contribution is -0.589. The Morgan fingerprint density at radius 1 is 1.69 bits per heavy atom. The van der Waals surface area contributed by atoms with E-state index in [0.717, 1.165) is 5.56 Å². The second-order valence-corrected chi connectivity index (χ2v) is 2.77. The number of hydrogen-bond acceptors (Lipinski definition) is 4. The molecule has 13 heavy (non-hydrogen) atoms. The molecule has 1 rings (SSSR count). The lowest BCUT2D eigenvalue weighted by Gasteiger charge is -2.10. The summed E-state index contributed by atoms with van der Waals surface area (Å²) in [5, 5.41) is 22.5. The quantitative estimate of drug-likeness (QED) is 0.440. The first kappa shape index (κ1) is 9.60. The molecule has 0 saturated heterocycles. The zero-order chi connectivity index (χ0) is 9.84. The molecule has 0 aliphatic heterocycles. The summed E-state index contributed by atoms with van der Waals surface area (Å²) in [6, 6.07) is 1.65. The molecule has 0 aliphatic rings. The van der Waals surface area contributed by atoms with Crippen molar-refractivity contribution in [3.05, 3.63) is 23.0 Å². The molecule has 0 atom stereocenters. The summed E-state index contributed by atoms with van der Waals surface area (Å²) >= 11 is 0. The summed E-state index contributed by atoms with van der Waals surface area (Å²) in [5.74, 6) is 0.403. The van der Waals surface area contributed by atoms with Crippen molar-refractivity contribution in [2.24, 2.45) is 0 Å². The van der Waals surface area contributed by atoms with Gasteiger partial charge in [-0.3, -0.25) is 5.32 Å². The van der Waals surface area contributed by atoms with E-state index in [1.54, 1.807) is 6.07 Å². The van der Waals surface area contributed by atoms with Crippen LogP contribution in [0.2, 0.25) is 0 Å². The smallest absolute Gasteiger partial charge is 0.277 e. The first-order valence-electron chi connectivity index (χ1n) is 3.99. The Kier molecular flexibility index (Phi) is 2.92. The van der Waals surface area contributed by atoms with Crippen molar-refractivity contribution in [2.45, 2.75) is 6.92 Å². The molecule has 0 bridgehead atoms. The van der Waals surface area contributed by atoms with E-state index < -0.39 is 0 Å². The molecule has 0 amide bonds. The third kappa shape index (κ3) is 2.22. The molecule has 0 aliphatic carbocycles. The fourth-order valence-corrected chi connectivity index (χ4v) is 0.963. The summed E-state index contributed by atoms with van der Waals surface area (Å²) in [6.07, 6.45) is 1.30. The molecule has 5 nitrogen and oxygen atoms in total. The largest absolute Gasteiger partial charge is 0.711 e. The molecule has 1 heterocycles. The lowest BCUT2D eigenvalue weighted by atomic mass is 10.2. The van der Waals surface area contributed by atoms with E-state index in [9.17, 15) is 5.21 Å². The van der Waals surface area contributed by atoms with E-state index in [2.05, 4.69) is 5.32 Å². The van der Waals surface area contributed by atoms with Gasteiger partial charge in [-0.2, -0.15) is 0 Å². The van der Waals surface area contributed by atoms with Crippen molar-refractivity contribution in [3.63, 3.8) is 0 Å². The third-order valence-electron chi connectivity index (χ3n) is 1.72. The van der Waals surface area contributed by atoms with Gasteiger partial charge in [-0.05, 0) is 12.5 Å². The van der Waals surface area contributed by atoms with E-state index in [1.807, 2.05) is 6.92 Å². The molecule has 5 heteroatoms. The number of aliphatic hydroxyl groups excluding tert-OH is 1. The van der Waals surface area contributed by atoms with Crippen molar-refractivity contribution in [3.8, 4) is 0 Å². The Labute approximate surface area is 76.4 Å². The highest BCUT2D eigenvalue weighted by atomic mass is 16.5. The van der Waals surface area contributed by atoms with Gasteiger partial charge >= 0.3 is 0 Å². The molecule has 0 unspecified atom stereocenters. The van der Waals surface area contributed by atoms with E-state index in [1.165, 1.54) is 6.20 Å². The molecule has 1 aromatic heterocycles. The standard InChI is InChI=1S/C8H13N3O2/c1-6-4-8(10-2-3-12)11(13)5-7(6)9/h4-5,10,12H,2-3,9H2,1H3. The molecule has 0 spiro atoms. The van der Waals surface area contributed by atoms with Crippen LogP contribution < -0.4 is 15.8 Å². The average Bonchev–Trinajstić information content (AvgIpc) is 2.09. The first-order chi connectivity index (χ1) is 6.15. The summed E-state index contributed by atoms with van der Waals surface area (Å²) in [6.45, 7) is 2.16. The molecule has 0 fully saturated rings. The minimum atomic E-state index is -0.0105. The number of aromatic nitrogens is 1. The first-order valence-corrected chi connectivity index (χ1v) is 3.99. The van der Waals surface area contributed by atoms with Crippen LogP contribution >= 0.6 is 0 Å². The number of nitrogens with two attached hydrogens (primary N) is 1. The number of nitrogens with one attached hydrogen (secondary N) is 1. The predicted octanol–water partition coefficient (Wildman–Crippen LogP) is -0.385. The van der Waals surface area contributed by atoms with Crippen LogP contribution in [0.5, 0.6) is 0 Å². The number of aryl methyl sites for hydroxylation is 1. The summed E-state index contributed by atoms with van der Waals surface area (Å²) < 4.78 is 0.651. The van der Waals surface area contributed by atoms with Gasteiger partial charge in [-0.1, -0.05) is 0 Å². The van der Waals surface area contributed by atoms with Gasteiger partial charge in [0.25, 0.3) is 5.82 Å². The van der Waals surface area contributed by atoms with Crippen molar-refractivity contribution < 1.29 is 9.84 Å². The number of anilines is 2. The van der Waals surface area contributed by atoms with Crippen molar-refractivity contribution in [1.29, 1.82) is 0 Å². The highest BCUT2D eigenvalue weighted by molar-refractivity contribution is 5.47.